The Morgan fingerprint density at radius 2 is 1.71 bits per heavy atom. The zero-order chi connectivity index (χ0) is 14.8. The second kappa shape index (κ2) is 5.63. The molecule has 0 bridgehead atoms. The molecule has 1 aromatic heterocycles. The molecule has 5 N–H and O–H groups in total. The summed E-state index contributed by atoms with van der Waals surface area (Å²) in [6, 6.07) is 11.8. The molecular formula is C16H19N3O2. The van der Waals surface area contributed by atoms with Gasteiger partial charge in [-0.25, -0.2) is 0 Å². The summed E-state index contributed by atoms with van der Waals surface area (Å²) in [5.41, 5.74) is 9.68. The number of anilines is 2. The molecule has 0 aliphatic carbocycles. The number of nitrogens with two attached hydrogens (primary N) is 1. The lowest BCUT2D eigenvalue weighted by molar-refractivity contribution is 0.281. The molecule has 0 radical (unpaired) electrons. The Balaban J connectivity index is 2.29. The third kappa shape index (κ3) is 2.30. The van der Waals surface area contributed by atoms with Crippen molar-refractivity contribution in [3.8, 4) is 0 Å². The molecule has 0 amide bonds. The molecule has 21 heavy (non-hydrogen) atoms. The number of hydrogen-bond donors (Lipinski definition) is 4. The number of nitrogens with one attached hydrogen (secondary N) is 1. The van der Waals surface area contributed by atoms with Crippen LogP contribution in [-0.2, 0) is 0 Å². The van der Waals surface area contributed by atoms with Gasteiger partial charge >= 0.3 is 0 Å². The van der Waals surface area contributed by atoms with E-state index in [1.807, 2.05) is 41.3 Å². The second-order valence-electron chi connectivity index (χ2n) is 5.03. The van der Waals surface area contributed by atoms with Crippen LogP contribution in [0, 0.1) is 0 Å². The average Bonchev–Trinajstić information content (AvgIpc) is 2.88. The van der Waals surface area contributed by atoms with Gasteiger partial charge in [-0.05, 0) is 18.2 Å². The number of rotatable bonds is 5. The largest absolute Gasteiger partial charge is 0.397 e. The maximum absolute atomic E-state index is 9.26. The van der Waals surface area contributed by atoms with Gasteiger partial charge in [0, 0.05) is 35.1 Å². The van der Waals surface area contributed by atoms with Crippen LogP contribution in [-0.4, -0.2) is 41.5 Å². The van der Waals surface area contributed by atoms with E-state index in [1.54, 1.807) is 0 Å². The lowest BCUT2D eigenvalue weighted by Crippen LogP contribution is -2.29. The number of nitrogens with zero attached hydrogens (tertiary/aromatic N) is 1. The van der Waals surface area contributed by atoms with E-state index in [9.17, 15) is 10.2 Å². The monoisotopic (exact) mass is 285 g/mol. The quantitative estimate of drug-likeness (QED) is 0.537. The molecule has 3 rings (SSSR count). The third-order valence-electron chi connectivity index (χ3n) is 3.75. The van der Waals surface area contributed by atoms with Crippen LogP contribution in [0.2, 0.25) is 0 Å². The van der Waals surface area contributed by atoms with Gasteiger partial charge in [-0.15, -0.1) is 0 Å². The first-order chi connectivity index (χ1) is 10.3. The molecule has 0 spiro atoms. The summed E-state index contributed by atoms with van der Waals surface area (Å²) >= 11 is 0. The Bertz CT molecular complexity index is 761. The highest BCUT2D eigenvalue weighted by molar-refractivity contribution is 6.16. The van der Waals surface area contributed by atoms with Crippen LogP contribution in [0.5, 0.6) is 0 Å². The molecule has 0 aliphatic rings. The van der Waals surface area contributed by atoms with Gasteiger partial charge in [0.15, 0.2) is 0 Å². The van der Waals surface area contributed by atoms with Gasteiger partial charge in [0.05, 0.1) is 24.4 Å². The number of aromatic nitrogens is 1. The predicted octanol–water partition coefficient (Wildman–Crippen LogP) is 1.69. The van der Waals surface area contributed by atoms with E-state index in [1.165, 1.54) is 0 Å². The van der Waals surface area contributed by atoms with Crippen molar-refractivity contribution in [2.45, 2.75) is 0 Å². The molecule has 5 nitrogen and oxygen atoms in total. The van der Waals surface area contributed by atoms with Crippen molar-refractivity contribution in [1.82, 2.24) is 4.98 Å². The van der Waals surface area contributed by atoms with E-state index in [2.05, 4.69) is 4.98 Å². The van der Waals surface area contributed by atoms with Crippen molar-refractivity contribution in [2.24, 2.45) is 0 Å². The van der Waals surface area contributed by atoms with Crippen molar-refractivity contribution >= 4 is 33.2 Å². The Hall–Kier alpha value is -2.24. The van der Waals surface area contributed by atoms with Crippen LogP contribution < -0.4 is 10.6 Å². The van der Waals surface area contributed by atoms with Crippen LogP contribution in [0.3, 0.4) is 0 Å². The highest BCUT2D eigenvalue weighted by Gasteiger charge is 2.15. The number of H-pyrrole nitrogens is 1. The molecule has 2 aromatic carbocycles. The number of nitrogen functional groups attached to an aromatic ring is 1. The Morgan fingerprint density at radius 1 is 1.00 bits per heavy atom. The highest BCUT2D eigenvalue weighted by atomic mass is 16.3. The average molecular weight is 285 g/mol. The molecule has 0 aliphatic heterocycles. The fourth-order valence-corrected chi connectivity index (χ4v) is 2.82. The molecule has 0 atom stereocenters. The van der Waals surface area contributed by atoms with Gasteiger partial charge in [0.25, 0.3) is 0 Å². The number of aromatic amines is 1. The first-order valence-electron chi connectivity index (χ1n) is 7.02. The second-order valence-corrected chi connectivity index (χ2v) is 5.03. The van der Waals surface area contributed by atoms with Crippen LogP contribution in [0.4, 0.5) is 11.4 Å². The summed E-state index contributed by atoms with van der Waals surface area (Å²) in [4.78, 5) is 5.32. The minimum Gasteiger partial charge on any atom is -0.397 e. The topological polar surface area (TPSA) is 85.5 Å². The van der Waals surface area contributed by atoms with Gasteiger partial charge in [-0.3, -0.25) is 0 Å². The van der Waals surface area contributed by atoms with Crippen molar-refractivity contribution in [3.63, 3.8) is 0 Å². The van der Waals surface area contributed by atoms with Crippen LogP contribution in [0.25, 0.3) is 21.8 Å². The molecule has 0 fully saturated rings. The van der Waals surface area contributed by atoms with E-state index in [-0.39, 0.29) is 13.2 Å². The molecular weight excluding hydrogens is 266 g/mol. The van der Waals surface area contributed by atoms with E-state index in [0.717, 1.165) is 27.5 Å². The van der Waals surface area contributed by atoms with Gasteiger partial charge < -0.3 is 25.8 Å². The lowest BCUT2D eigenvalue weighted by atomic mass is 10.1. The number of fused-ring (bicyclic) bond motifs is 3. The normalized spacial score (nSPS) is 11.3. The van der Waals surface area contributed by atoms with Gasteiger partial charge in [-0.1, -0.05) is 18.2 Å². The summed E-state index contributed by atoms with van der Waals surface area (Å²) in [5.74, 6) is 0. The Labute approximate surface area is 122 Å². The summed E-state index contributed by atoms with van der Waals surface area (Å²) in [6.45, 7) is 1.01. The minimum absolute atomic E-state index is 0.0359. The maximum Gasteiger partial charge on any atom is 0.0719 e. The zero-order valence-electron chi connectivity index (χ0n) is 11.7. The lowest BCUT2D eigenvalue weighted by Gasteiger charge is -2.24. The van der Waals surface area contributed by atoms with Gasteiger partial charge in [-0.2, -0.15) is 0 Å². The summed E-state index contributed by atoms with van der Waals surface area (Å²) in [7, 11) is 0. The first-order valence-corrected chi connectivity index (χ1v) is 7.02. The minimum atomic E-state index is 0.0359. The smallest absolute Gasteiger partial charge is 0.0719 e. The molecule has 0 unspecified atom stereocenters. The number of benzene rings is 2. The summed E-state index contributed by atoms with van der Waals surface area (Å²) in [5, 5.41) is 20.6. The van der Waals surface area contributed by atoms with Crippen molar-refractivity contribution in [1.29, 1.82) is 0 Å². The Morgan fingerprint density at radius 3 is 2.43 bits per heavy atom. The molecule has 0 saturated carbocycles. The predicted molar refractivity (Wildman–Crippen MR) is 86.6 cm³/mol. The van der Waals surface area contributed by atoms with Crippen LogP contribution in [0.1, 0.15) is 0 Å². The van der Waals surface area contributed by atoms with Gasteiger partial charge in [0.2, 0.25) is 0 Å². The molecule has 0 saturated heterocycles. The standard InChI is InChI=1S/C16H19N3O2/c17-12-5-6-14(19(7-9-20)8-10-21)15-11-3-1-2-4-13(11)18-16(12)15/h1-6,18,20-21H,7-10,17H2. The molecule has 1 heterocycles. The third-order valence-corrected chi connectivity index (χ3v) is 3.75. The van der Waals surface area contributed by atoms with Crippen LogP contribution >= 0.6 is 0 Å². The number of hydrogen-bond acceptors (Lipinski definition) is 4. The number of aliphatic hydroxyl groups excluding tert-OH is 2. The fraction of sp³-hybridized carbons (Fsp3) is 0.250. The van der Waals surface area contributed by atoms with E-state index < -0.39 is 0 Å². The summed E-state index contributed by atoms with van der Waals surface area (Å²) in [6.07, 6.45) is 0. The maximum atomic E-state index is 9.26. The van der Waals surface area contributed by atoms with E-state index >= 15 is 0 Å². The van der Waals surface area contributed by atoms with E-state index in [4.69, 9.17) is 5.73 Å². The number of para-hydroxylation sites is 1. The Kier molecular flexibility index (Phi) is 3.68. The van der Waals surface area contributed by atoms with Crippen molar-refractivity contribution in [3.05, 3.63) is 36.4 Å². The molecule has 3 aromatic rings. The van der Waals surface area contributed by atoms with Gasteiger partial charge in [0.1, 0.15) is 0 Å². The van der Waals surface area contributed by atoms with Crippen LogP contribution in [0.15, 0.2) is 36.4 Å². The first kappa shape index (κ1) is 13.7. The molecule has 5 heteroatoms. The van der Waals surface area contributed by atoms with Crippen molar-refractivity contribution < 1.29 is 10.2 Å². The zero-order valence-corrected chi connectivity index (χ0v) is 11.7. The highest BCUT2D eigenvalue weighted by Crippen LogP contribution is 2.36. The fourth-order valence-electron chi connectivity index (χ4n) is 2.82. The number of aliphatic hydroxyl groups is 2. The SMILES string of the molecule is Nc1ccc(N(CCO)CCO)c2c1[nH]c1ccccc12. The van der Waals surface area contributed by atoms with Crippen molar-refractivity contribution in [2.75, 3.05) is 36.9 Å². The summed E-state index contributed by atoms with van der Waals surface area (Å²) < 4.78 is 0. The van der Waals surface area contributed by atoms with E-state index in [0.29, 0.717) is 18.8 Å². The molecule has 110 valence electrons.